The summed E-state index contributed by atoms with van der Waals surface area (Å²) < 4.78 is 42.6. The number of rotatable bonds is 9. The van der Waals surface area contributed by atoms with Crippen LogP contribution in [0.1, 0.15) is 87.8 Å². The highest BCUT2D eigenvalue weighted by Gasteiger charge is 2.25. The summed E-state index contributed by atoms with van der Waals surface area (Å²) in [5.41, 5.74) is 10.9. The van der Waals surface area contributed by atoms with Crippen molar-refractivity contribution in [3.63, 3.8) is 0 Å². The lowest BCUT2D eigenvalue weighted by molar-refractivity contribution is -0.118. The first-order valence-electron chi connectivity index (χ1n) is 20.1. The summed E-state index contributed by atoms with van der Waals surface area (Å²) in [6, 6.07) is 21.5. The van der Waals surface area contributed by atoms with E-state index in [9.17, 15) is 22.6 Å². The number of carbonyl (C=O) groups excluding carboxylic acids is 2. The maximum atomic E-state index is 13.0. The molecule has 60 heavy (non-hydrogen) atoms. The van der Waals surface area contributed by atoms with Gasteiger partial charge in [-0.15, -0.1) is 0 Å². The Hall–Kier alpha value is -5.78. The average molecular weight is 829 g/mol. The molecule has 314 valence electrons. The molecule has 6 rings (SSSR count). The Balaban J connectivity index is 1.52. The summed E-state index contributed by atoms with van der Waals surface area (Å²) in [5.74, 6) is 0.316. The maximum Gasteiger partial charge on any atom is 0.295 e. The van der Waals surface area contributed by atoms with Crippen molar-refractivity contribution < 1.29 is 27.0 Å². The average Bonchev–Trinajstić information content (AvgIpc) is 3.12. The van der Waals surface area contributed by atoms with Gasteiger partial charge in [0.1, 0.15) is 16.2 Å². The fraction of sp³-hybridized carbons (Fsp3) is 0.327. The van der Waals surface area contributed by atoms with Crippen LogP contribution in [-0.4, -0.2) is 24.8 Å². The highest BCUT2D eigenvalue weighted by atomic mass is 32.2. The number of nitrogens with zero attached hydrogens (tertiary/aromatic N) is 1. The molecule has 1 heterocycles. The third-order valence-corrected chi connectivity index (χ3v) is 11.4. The quantitative estimate of drug-likeness (QED) is 0.0837. The number of benzene rings is 5. The molecule has 0 saturated heterocycles. The number of aryl methyl sites for hydroxylation is 4. The standard InChI is InChI=1S/C49H56N4O6S/c1-27-21-29(3)46(52-41(54)25-48(7,8)9)31(5)44(27)50-33-17-19-35-38(23-33)59-39-24-34(18-20-36(39)43(35)37-15-13-14-16-40(37)60(56,57)58)51-45-28(2)22-30(4)47(32(45)6)53-42(55)26-49(10,11)12/h13-24,50H,25-26H2,1-12H3,(H,52,54)(H,53,55)(H,56,57,58)/b51-34-. The molecular formula is C49H56N4O6S. The van der Waals surface area contributed by atoms with Crippen LogP contribution in [0.2, 0.25) is 0 Å². The van der Waals surface area contributed by atoms with Gasteiger partial charge in [-0.05, 0) is 116 Å². The number of hydrogen-bond acceptors (Lipinski definition) is 7. The molecular weight excluding hydrogens is 773 g/mol. The first-order valence-corrected chi connectivity index (χ1v) is 21.5. The van der Waals surface area contributed by atoms with Gasteiger partial charge in [-0.2, -0.15) is 8.42 Å². The number of nitrogens with one attached hydrogen (secondary N) is 3. The Morgan fingerprint density at radius 2 is 1.23 bits per heavy atom. The van der Waals surface area contributed by atoms with E-state index in [1.54, 1.807) is 18.2 Å². The molecule has 0 spiro atoms. The molecule has 4 aromatic rings. The number of fused-ring (bicyclic) bond motifs is 2. The number of anilines is 4. The van der Waals surface area contributed by atoms with Gasteiger partial charge in [-0.1, -0.05) is 71.9 Å². The summed E-state index contributed by atoms with van der Waals surface area (Å²) in [7, 11) is -4.61. The molecule has 0 bridgehead atoms. The van der Waals surface area contributed by atoms with Gasteiger partial charge in [0.25, 0.3) is 10.1 Å². The van der Waals surface area contributed by atoms with Crippen LogP contribution in [0.15, 0.2) is 87.1 Å². The van der Waals surface area contributed by atoms with E-state index in [1.165, 1.54) is 6.07 Å². The molecule has 0 aromatic heterocycles. The second-order valence-corrected chi connectivity index (χ2v) is 19.8. The molecule has 1 aliphatic heterocycles. The molecule has 0 fully saturated rings. The van der Waals surface area contributed by atoms with E-state index in [0.29, 0.717) is 63.0 Å². The van der Waals surface area contributed by atoms with Crippen LogP contribution in [0.25, 0.3) is 33.4 Å². The predicted octanol–water partition coefficient (Wildman–Crippen LogP) is 12.0. The zero-order chi connectivity index (χ0) is 44.1. The fourth-order valence-corrected chi connectivity index (χ4v) is 8.63. The minimum atomic E-state index is -4.61. The SMILES string of the molecule is Cc1cc(C)c(NC(=O)CC(C)(C)C)c(C)c1/N=c1/ccc2c(-c3ccccc3S(=O)(=O)O)c3ccc(Nc4c(C)cc(C)c(NC(=O)CC(C)(C)C)c4C)cc3oc-2c1. The van der Waals surface area contributed by atoms with Gasteiger partial charge < -0.3 is 20.4 Å². The molecule has 2 amide bonds. The minimum Gasteiger partial charge on any atom is -0.456 e. The molecule has 1 aliphatic carbocycles. The summed E-state index contributed by atoms with van der Waals surface area (Å²) in [6.07, 6.45) is 0.746. The minimum absolute atomic E-state index is 0.0558. The van der Waals surface area contributed by atoms with E-state index in [1.807, 2.05) is 132 Å². The van der Waals surface area contributed by atoms with Crippen molar-refractivity contribution in [2.24, 2.45) is 15.8 Å². The van der Waals surface area contributed by atoms with Crippen molar-refractivity contribution in [2.75, 3.05) is 16.0 Å². The van der Waals surface area contributed by atoms with Crippen LogP contribution in [0.4, 0.5) is 28.4 Å². The topological polar surface area (TPSA) is 150 Å². The summed E-state index contributed by atoms with van der Waals surface area (Å²) in [4.78, 5) is 30.9. The highest BCUT2D eigenvalue weighted by Crippen LogP contribution is 2.44. The van der Waals surface area contributed by atoms with Gasteiger partial charge in [-0.3, -0.25) is 14.1 Å². The lowest BCUT2D eigenvalue weighted by Gasteiger charge is -2.22. The van der Waals surface area contributed by atoms with Gasteiger partial charge >= 0.3 is 0 Å². The van der Waals surface area contributed by atoms with Crippen molar-refractivity contribution in [2.45, 2.75) is 101 Å². The normalized spacial score (nSPS) is 12.6. The van der Waals surface area contributed by atoms with E-state index < -0.39 is 10.1 Å². The highest BCUT2D eigenvalue weighted by molar-refractivity contribution is 7.86. The van der Waals surface area contributed by atoms with E-state index >= 15 is 0 Å². The molecule has 4 N–H and O–H groups in total. The van der Waals surface area contributed by atoms with Crippen LogP contribution in [0.5, 0.6) is 0 Å². The Labute approximate surface area is 353 Å². The third kappa shape index (κ3) is 9.64. The van der Waals surface area contributed by atoms with Crippen molar-refractivity contribution >= 4 is 61.3 Å². The molecule has 0 saturated carbocycles. The van der Waals surface area contributed by atoms with Gasteiger partial charge in [0.05, 0.1) is 11.0 Å². The molecule has 2 aliphatic rings. The van der Waals surface area contributed by atoms with E-state index in [-0.39, 0.29) is 27.5 Å². The Kier molecular flexibility index (Phi) is 11.9. The van der Waals surface area contributed by atoms with Crippen LogP contribution in [0.3, 0.4) is 0 Å². The monoisotopic (exact) mass is 828 g/mol. The Morgan fingerprint density at radius 3 is 1.83 bits per heavy atom. The molecule has 0 atom stereocenters. The Morgan fingerprint density at radius 1 is 0.667 bits per heavy atom. The van der Waals surface area contributed by atoms with Crippen LogP contribution >= 0.6 is 0 Å². The number of carbonyl (C=O) groups is 2. The smallest absolute Gasteiger partial charge is 0.295 e. The largest absolute Gasteiger partial charge is 0.456 e. The summed E-state index contributed by atoms with van der Waals surface area (Å²) in [5, 5.41) is 11.0. The van der Waals surface area contributed by atoms with Gasteiger partial charge in [-0.25, -0.2) is 4.99 Å². The summed E-state index contributed by atoms with van der Waals surface area (Å²) in [6.45, 7) is 24.0. The second-order valence-electron chi connectivity index (χ2n) is 18.4. The zero-order valence-corrected chi connectivity index (χ0v) is 37.5. The van der Waals surface area contributed by atoms with Crippen LogP contribution in [-0.2, 0) is 19.7 Å². The zero-order valence-electron chi connectivity index (χ0n) is 36.7. The fourth-order valence-electron chi connectivity index (χ4n) is 7.93. The second kappa shape index (κ2) is 16.3. The molecule has 0 radical (unpaired) electrons. The van der Waals surface area contributed by atoms with Gasteiger partial charge in [0.2, 0.25) is 11.8 Å². The lowest BCUT2D eigenvalue weighted by Crippen LogP contribution is -2.21. The Bertz CT molecular complexity index is 2840. The van der Waals surface area contributed by atoms with Crippen molar-refractivity contribution in [3.05, 3.63) is 112 Å². The first-order chi connectivity index (χ1) is 27.9. The maximum absolute atomic E-state index is 13.0. The summed E-state index contributed by atoms with van der Waals surface area (Å²) >= 11 is 0. The molecule has 10 nitrogen and oxygen atoms in total. The van der Waals surface area contributed by atoms with Crippen LogP contribution < -0.4 is 21.3 Å². The molecule has 4 aromatic carbocycles. The number of amides is 2. The van der Waals surface area contributed by atoms with Crippen molar-refractivity contribution in [1.82, 2.24) is 0 Å². The van der Waals surface area contributed by atoms with Crippen LogP contribution in [0, 0.1) is 52.4 Å². The van der Waals surface area contributed by atoms with Gasteiger partial charge in [0.15, 0.2) is 0 Å². The van der Waals surface area contributed by atoms with E-state index in [0.717, 1.165) is 50.4 Å². The van der Waals surface area contributed by atoms with Crippen molar-refractivity contribution in [1.29, 1.82) is 0 Å². The van der Waals surface area contributed by atoms with Crippen molar-refractivity contribution in [3.8, 4) is 22.5 Å². The molecule has 0 unspecified atom stereocenters. The molecule has 11 heteroatoms. The number of hydrogen-bond donors (Lipinski definition) is 4. The third-order valence-electron chi connectivity index (χ3n) is 10.5. The van der Waals surface area contributed by atoms with E-state index in [4.69, 9.17) is 9.41 Å². The predicted molar refractivity (Wildman–Crippen MR) is 243 cm³/mol. The lowest BCUT2D eigenvalue weighted by atomic mass is 9.91. The first kappa shape index (κ1) is 43.8. The van der Waals surface area contributed by atoms with E-state index in [2.05, 4.69) is 16.0 Å². The van der Waals surface area contributed by atoms with Gasteiger partial charge in [0, 0.05) is 69.8 Å².